The lowest BCUT2D eigenvalue weighted by Crippen LogP contribution is -2.33. The van der Waals surface area contributed by atoms with Crippen LogP contribution in [0.4, 0.5) is 5.69 Å². The third-order valence-corrected chi connectivity index (χ3v) is 6.76. The van der Waals surface area contributed by atoms with Crippen molar-refractivity contribution >= 4 is 63.6 Å². The molecule has 1 aromatic carbocycles. The fourth-order valence-corrected chi connectivity index (χ4v) is 5.13. The number of hydrogen-bond donors (Lipinski definition) is 2. The van der Waals surface area contributed by atoms with Gasteiger partial charge < -0.3 is 15.1 Å². The molecule has 0 bridgehead atoms. The summed E-state index contributed by atoms with van der Waals surface area (Å²) in [4.78, 5) is 48.3. The number of aliphatic carboxylic acids is 2. The van der Waals surface area contributed by atoms with E-state index in [1.165, 1.54) is 18.9 Å². The van der Waals surface area contributed by atoms with E-state index in [9.17, 15) is 14.4 Å². The zero-order chi connectivity index (χ0) is 22.5. The Balaban J connectivity index is 1.86. The summed E-state index contributed by atoms with van der Waals surface area (Å²) in [6, 6.07) is 5.70. The second-order valence-corrected chi connectivity index (χ2v) is 9.06. The Morgan fingerprint density at radius 1 is 1.16 bits per heavy atom. The maximum absolute atomic E-state index is 12.4. The number of carboxylic acid groups (broad SMARTS) is 2. The third-order valence-electron chi connectivity index (χ3n) is 4.23. The topological polar surface area (TPSA) is 117 Å². The van der Waals surface area contributed by atoms with Gasteiger partial charge in [-0.3, -0.25) is 19.3 Å². The zero-order valence-corrected chi connectivity index (χ0v) is 18.7. The number of thiocarbonyl (C=S) groups is 1. The smallest absolute Gasteiger partial charge is 0.323 e. The number of carboxylic acids is 2. The molecule has 1 amide bonds. The molecule has 2 aliphatic heterocycles. The van der Waals surface area contributed by atoms with Gasteiger partial charge in [0.05, 0.1) is 29.2 Å². The van der Waals surface area contributed by atoms with Crippen LogP contribution in [0.2, 0.25) is 0 Å². The first kappa shape index (κ1) is 23.3. The molecule has 0 atom stereocenters. The number of carbonyl (C=O) groups excluding carboxylic acids is 1. The van der Waals surface area contributed by atoms with E-state index in [2.05, 4.69) is 4.89 Å². The molecule has 2 N–H and O–H groups in total. The molecule has 0 unspecified atom stereocenters. The van der Waals surface area contributed by atoms with E-state index >= 15 is 0 Å². The highest BCUT2D eigenvalue weighted by molar-refractivity contribution is 8.26. The summed E-state index contributed by atoms with van der Waals surface area (Å²) in [7, 11) is 1.42. The van der Waals surface area contributed by atoms with Gasteiger partial charge in [0, 0.05) is 11.4 Å². The van der Waals surface area contributed by atoms with Crippen LogP contribution in [0.1, 0.15) is 12.0 Å². The van der Waals surface area contributed by atoms with Gasteiger partial charge in [0.1, 0.15) is 17.5 Å². The molecule has 0 saturated carbocycles. The number of nitrogens with zero attached hydrogens (tertiary/aromatic N) is 2. The molecule has 1 saturated heterocycles. The summed E-state index contributed by atoms with van der Waals surface area (Å²) >= 11 is 7.57. The van der Waals surface area contributed by atoms with Crippen LogP contribution in [-0.4, -0.2) is 57.5 Å². The zero-order valence-electron chi connectivity index (χ0n) is 16.3. The second-order valence-electron chi connectivity index (χ2n) is 6.32. The lowest BCUT2D eigenvalue weighted by molar-refractivity contribution is -0.282. The first-order valence-corrected chi connectivity index (χ1v) is 11.0. The van der Waals surface area contributed by atoms with Gasteiger partial charge in [0.15, 0.2) is 0 Å². The summed E-state index contributed by atoms with van der Waals surface area (Å²) < 4.78 is 0.185. The van der Waals surface area contributed by atoms with E-state index in [-0.39, 0.29) is 23.9 Å². The number of amides is 1. The van der Waals surface area contributed by atoms with E-state index in [0.29, 0.717) is 4.91 Å². The highest BCUT2D eigenvalue weighted by Crippen LogP contribution is 2.46. The molecule has 3 rings (SSSR count). The number of rotatable bonds is 9. The van der Waals surface area contributed by atoms with Gasteiger partial charge in [0.2, 0.25) is 0 Å². The minimum absolute atomic E-state index is 0.0726. The van der Waals surface area contributed by atoms with Crippen LogP contribution in [-0.2, 0) is 30.8 Å². The number of hydrogen-bond acceptors (Lipinski definition) is 9. The van der Waals surface area contributed by atoms with Gasteiger partial charge in [-0.2, -0.15) is 0 Å². The molecule has 2 heterocycles. The fourth-order valence-electron chi connectivity index (χ4n) is 2.86. The Morgan fingerprint density at radius 2 is 1.94 bits per heavy atom. The quantitative estimate of drug-likeness (QED) is 0.234. The van der Waals surface area contributed by atoms with Gasteiger partial charge in [-0.15, -0.1) is 0 Å². The van der Waals surface area contributed by atoms with Crippen LogP contribution in [0, 0.1) is 0 Å². The highest BCUT2D eigenvalue weighted by atomic mass is 32.2. The summed E-state index contributed by atoms with van der Waals surface area (Å²) in [5, 5.41) is 18.8. The minimum atomic E-state index is -1.15. The number of benzene rings is 1. The van der Waals surface area contributed by atoms with Crippen molar-refractivity contribution in [2.45, 2.75) is 17.9 Å². The van der Waals surface area contributed by atoms with Crippen molar-refractivity contribution in [3.8, 4) is 0 Å². The Labute approximate surface area is 191 Å². The van der Waals surface area contributed by atoms with Crippen LogP contribution in [0.3, 0.4) is 0 Å². The van der Waals surface area contributed by atoms with Crippen molar-refractivity contribution in [2.24, 2.45) is 0 Å². The van der Waals surface area contributed by atoms with Gasteiger partial charge in [-0.25, -0.2) is 9.78 Å². The van der Waals surface area contributed by atoms with Crippen molar-refractivity contribution in [1.29, 1.82) is 0 Å². The monoisotopic (exact) mass is 482 g/mol. The SMILES string of the molecule is COOCc1ccc2c(c1)N(CCC(=O)O)/C(=C/C=C1/SC(=S)N(CC(=O)O)C1=O)S2. The molecule has 0 spiro atoms. The van der Waals surface area contributed by atoms with Crippen LogP contribution >= 0.6 is 35.7 Å². The fraction of sp³-hybridized carbons (Fsp3) is 0.263. The van der Waals surface area contributed by atoms with Crippen molar-refractivity contribution in [3.63, 3.8) is 0 Å². The molecular formula is C19H18N2O7S3. The summed E-state index contributed by atoms with van der Waals surface area (Å²) in [6.45, 7) is -0.00822. The number of anilines is 1. The summed E-state index contributed by atoms with van der Waals surface area (Å²) in [5.41, 5.74) is 1.69. The molecule has 9 nitrogen and oxygen atoms in total. The van der Waals surface area contributed by atoms with E-state index in [1.54, 1.807) is 12.2 Å². The Kier molecular flexibility index (Phi) is 7.73. The van der Waals surface area contributed by atoms with Crippen LogP contribution in [0.15, 0.2) is 45.2 Å². The van der Waals surface area contributed by atoms with Gasteiger partial charge in [-0.05, 0) is 29.8 Å². The molecule has 0 radical (unpaired) electrons. The molecule has 0 aliphatic carbocycles. The first-order valence-electron chi connectivity index (χ1n) is 8.93. The maximum atomic E-state index is 12.4. The molecule has 164 valence electrons. The van der Waals surface area contributed by atoms with Crippen molar-refractivity contribution < 1.29 is 34.4 Å². The molecular weight excluding hydrogens is 464 g/mol. The van der Waals surface area contributed by atoms with Crippen LogP contribution in [0.25, 0.3) is 0 Å². The molecule has 2 aliphatic rings. The van der Waals surface area contributed by atoms with E-state index in [1.807, 2.05) is 23.1 Å². The Morgan fingerprint density at radius 3 is 2.61 bits per heavy atom. The minimum Gasteiger partial charge on any atom is -0.481 e. The van der Waals surface area contributed by atoms with Crippen LogP contribution < -0.4 is 4.90 Å². The molecule has 12 heteroatoms. The standard InChI is InChI=1S/C19H18N2O7S3/c1-27-28-10-11-2-3-13-12(8-11)20(7-6-16(22)23)15(30-13)5-4-14-18(26)21(9-17(24)25)19(29)31-14/h2-5,8H,6-7,9-10H2,1H3,(H,22,23)(H,24,25)/b14-4+,15-5-. The molecule has 1 aromatic rings. The predicted molar refractivity (Wildman–Crippen MR) is 119 cm³/mol. The average molecular weight is 483 g/mol. The lowest BCUT2D eigenvalue weighted by atomic mass is 10.2. The van der Waals surface area contributed by atoms with Gasteiger partial charge >= 0.3 is 11.9 Å². The maximum Gasteiger partial charge on any atom is 0.323 e. The molecule has 1 fully saturated rings. The molecule has 31 heavy (non-hydrogen) atoms. The first-order chi connectivity index (χ1) is 14.8. The van der Waals surface area contributed by atoms with E-state index < -0.39 is 24.4 Å². The van der Waals surface area contributed by atoms with Crippen molar-refractivity contribution in [2.75, 3.05) is 25.1 Å². The largest absolute Gasteiger partial charge is 0.481 e. The number of allylic oxidation sites excluding steroid dienone is 2. The number of fused-ring (bicyclic) bond motifs is 1. The number of carbonyl (C=O) groups is 3. The lowest BCUT2D eigenvalue weighted by Gasteiger charge is -2.19. The van der Waals surface area contributed by atoms with Gasteiger partial charge in [-0.1, -0.05) is 41.8 Å². The van der Waals surface area contributed by atoms with E-state index in [0.717, 1.165) is 37.8 Å². The second kappa shape index (κ2) is 10.3. The van der Waals surface area contributed by atoms with Crippen molar-refractivity contribution in [3.05, 3.63) is 45.8 Å². The predicted octanol–water partition coefficient (Wildman–Crippen LogP) is 2.82. The van der Waals surface area contributed by atoms with Crippen LogP contribution in [0.5, 0.6) is 0 Å². The normalized spacial score (nSPS) is 18.4. The van der Waals surface area contributed by atoms with Crippen molar-refractivity contribution in [1.82, 2.24) is 4.90 Å². The average Bonchev–Trinajstić information content (AvgIpc) is 3.19. The number of thioether (sulfide) groups is 2. The van der Waals surface area contributed by atoms with E-state index in [4.69, 9.17) is 27.3 Å². The van der Waals surface area contributed by atoms with Gasteiger partial charge in [0.25, 0.3) is 5.91 Å². The summed E-state index contributed by atoms with van der Waals surface area (Å²) in [6.07, 6.45) is 3.22. The Hall–Kier alpha value is -2.38. The molecule has 0 aromatic heterocycles. The Bertz CT molecular complexity index is 993. The highest BCUT2D eigenvalue weighted by Gasteiger charge is 2.33. The third kappa shape index (κ3) is 5.66. The summed E-state index contributed by atoms with van der Waals surface area (Å²) in [5.74, 6) is -2.54.